The van der Waals surface area contributed by atoms with Gasteiger partial charge in [-0.2, -0.15) is 0 Å². The van der Waals surface area contributed by atoms with Gasteiger partial charge in [0.1, 0.15) is 0 Å². The normalized spacial score (nSPS) is 22.4. The molecule has 0 saturated heterocycles. The van der Waals surface area contributed by atoms with Crippen molar-refractivity contribution in [3.63, 3.8) is 0 Å². The van der Waals surface area contributed by atoms with Gasteiger partial charge in [-0.25, -0.2) is 0 Å². The van der Waals surface area contributed by atoms with Crippen LogP contribution in [0.5, 0.6) is 0 Å². The Morgan fingerprint density at radius 3 is 2.39 bits per heavy atom. The summed E-state index contributed by atoms with van der Waals surface area (Å²) < 4.78 is 0. The maximum Gasteiger partial charge on any atom is 0.0507 e. The highest BCUT2D eigenvalue weighted by atomic mass is 15.0. The van der Waals surface area contributed by atoms with E-state index in [4.69, 9.17) is 5.73 Å². The molecule has 1 aliphatic carbocycles. The van der Waals surface area contributed by atoms with Crippen LogP contribution in [0.3, 0.4) is 0 Å². The molecular formula is C16H26N2. The molecule has 0 amide bonds. The van der Waals surface area contributed by atoms with Gasteiger partial charge in [-0.05, 0) is 32.3 Å². The van der Waals surface area contributed by atoms with Crippen molar-refractivity contribution < 1.29 is 0 Å². The fourth-order valence-corrected chi connectivity index (χ4v) is 2.83. The predicted octanol–water partition coefficient (Wildman–Crippen LogP) is 3.17. The van der Waals surface area contributed by atoms with E-state index < -0.39 is 0 Å². The van der Waals surface area contributed by atoms with Crippen molar-refractivity contribution in [3.05, 3.63) is 35.9 Å². The maximum absolute atomic E-state index is 6.45. The Kier molecular flexibility index (Phi) is 4.08. The van der Waals surface area contributed by atoms with Crippen LogP contribution >= 0.6 is 0 Å². The maximum atomic E-state index is 6.45. The number of hydrogen-bond donors (Lipinski definition) is 2. The van der Waals surface area contributed by atoms with Gasteiger partial charge < -0.3 is 11.1 Å². The van der Waals surface area contributed by atoms with Crippen LogP contribution in [-0.2, 0) is 5.54 Å². The molecule has 1 aromatic rings. The molecule has 0 spiro atoms. The van der Waals surface area contributed by atoms with E-state index in [-0.39, 0.29) is 11.1 Å². The van der Waals surface area contributed by atoms with Crippen LogP contribution in [0.2, 0.25) is 0 Å². The summed E-state index contributed by atoms with van der Waals surface area (Å²) in [7, 11) is 0. The Morgan fingerprint density at radius 2 is 1.78 bits per heavy atom. The van der Waals surface area contributed by atoms with Gasteiger partial charge in [-0.1, -0.05) is 49.6 Å². The second-order valence-electron chi connectivity index (χ2n) is 6.26. The van der Waals surface area contributed by atoms with E-state index in [0.717, 1.165) is 6.54 Å². The van der Waals surface area contributed by atoms with Crippen molar-refractivity contribution in [1.29, 1.82) is 0 Å². The largest absolute Gasteiger partial charge is 0.321 e. The van der Waals surface area contributed by atoms with E-state index in [9.17, 15) is 0 Å². The minimum atomic E-state index is -0.290. The first kappa shape index (κ1) is 13.6. The van der Waals surface area contributed by atoms with E-state index in [0.29, 0.717) is 0 Å². The van der Waals surface area contributed by atoms with Crippen LogP contribution in [0, 0.1) is 0 Å². The molecule has 1 aliphatic rings. The lowest BCUT2D eigenvalue weighted by Gasteiger charge is -2.38. The SMILES string of the molecule is CC1(NCC(C)(N)c2ccccc2)CCCCC1. The summed E-state index contributed by atoms with van der Waals surface area (Å²) in [5.74, 6) is 0. The molecule has 2 heteroatoms. The Bertz CT molecular complexity index is 364. The van der Waals surface area contributed by atoms with Crippen LogP contribution in [-0.4, -0.2) is 12.1 Å². The minimum Gasteiger partial charge on any atom is -0.321 e. The van der Waals surface area contributed by atoms with Gasteiger partial charge in [-0.15, -0.1) is 0 Å². The summed E-state index contributed by atoms with van der Waals surface area (Å²) in [5.41, 5.74) is 7.65. The second kappa shape index (κ2) is 5.41. The Balaban J connectivity index is 1.96. The van der Waals surface area contributed by atoms with E-state index in [1.165, 1.54) is 37.7 Å². The molecule has 100 valence electrons. The number of hydrogen-bond acceptors (Lipinski definition) is 2. The fourth-order valence-electron chi connectivity index (χ4n) is 2.83. The van der Waals surface area contributed by atoms with Crippen molar-refractivity contribution in [3.8, 4) is 0 Å². The van der Waals surface area contributed by atoms with Crippen molar-refractivity contribution in [2.24, 2.45) is 5.73 Å². The average Bonchev–Trinajstić information content (AvgIpc) is 2.39. The molecule has 0 aromatic heterocycles. The summed E-state index contributed by atoms with van der Waals surface area (Å²) in [4.78, 5) is 0. The smallest absolute Gasteiger partial charge is 0.0507 e. The molecule has 1 saturated carbocycles. The van der Waals surface area contributed by atoms with Crippen LogP contribution in [0.4, 0.5) is 0 Å². The summed E-state index contributed by atoms with van der Waals surface area (Å²) >= 11 is 0. The van der Waals surface area contributed by atoms with Gasteiger partial charge in [0.2, 0.25) is 0 Å². The third kappa shape index (κ3) is 3.33. The predicted molar refractivity (Wildman–Crippen MR) is 77.5 cm³/mol. The molecule has 18 heavy (non-hydrogen) atoms. The van der Waals surface area contributed by atoms with Crippen molar-refractivity contribution in [2.75, 3.05) is 6.54 Å². The van der Waals surface area contributed by atoms with Crippen LogP contribution < -0.4 is 11.1 Å². The van der Waals surface area contributed by atoms with Crippen molar-refractivity contribution in [2.45, 2.75) is 57.0 Å². The molecule has 1 aromatic carbocycles. The van der Waals surface area contributed by atoms with Gasteiger partial charge in [0.15, 0.2) is 0 Å². The fraction of sp³-hybridized carbons (Fsp3) is 0.625. The van der Waals surface area contributed by atoms with Gasteiger partial charge in [0.25, 0.3) is 0 Å². The van der Waals surface area contributed by atoms with Gasteiger partial charge in [0.05, 0.1) is 5.54 Å². The van der Waals surface area contributed by atoms with E-state index in [1.807, 2.05) is 6.07 Å². The van der Waals surface area contributed by atoms with Gasteiger partial charge >= 0.3 is 0 Å². The molecule has 1 fully saturated rings. The van der Waals surface area contributed by atoms with E-state index >= 15 is 0 Å². The Hall–Kier alpha value is -0.860. The van der Waals surface area contributed by atoms with Gasteiger partial charge in [-0.3, -0.25) is 0 Å². The molecule has 1 unspecified atom stereocenters. The first-order valence-electron chi connectivity index (χ1n) is 7.11. The zero-order valence-corrected chi connectivity index (χ0v) is 11.7. The van der Waals surface area contributed by atoms with Crippen molar-refractivity contribution in [1.82, 2.24) is 5.32 Å². The zero-order valence-electron chi connectivity index (χ0n) is 11.7. The monoisotopic (exact) mass is 246 g/mol. The summed E-state index contributed by atoms with van der Waals surface area (Å²) in [6.07, 6.45) is 6.62. The molecule has 0 aliphatic heterocycles. The number of nitrogens with two attached hydrogens (primary N) is 1. The van der Waals surface area contributed by atoms with Gasteiger partial charge in [0, 0.05) is 12.1 Å². The molecule has 0 radical (unpaired) electrons. The highest BCUT2D eigenvalue weighted by Crippen LogP contribution is 2.28. The number of benzene rings is 1. The molecule has 1 atom stereocenters. The standard InChI is InChI=1S/C16H26N2/c1-15(11-7-4-8-12-15)18-13-16(2,17)14-9-5-3-6-10-14/h3,5-6,9-10,18H,4,7-8,11-13,17H2,1-2H3. The Labute approximate surface area is 111 Å². The van der Waals surface area contributed by atoms with Crippen LogP contribution in [0.1, 0.15) is 51.5 Å². The summed E-state index contributed by atoms with van der Waals surface area (Å²) in [5, 5.41) is 3.71. The highest BCUT2D eigenvalue weighted by molar-refractivity contribution is 5.23. The molecule has 3 N–H and O–H groups in total. The number of nitrogens with one attached hydrogen (secondary N) is 1. The Morgan fingerprint density at radius 1 is 1.17 bits per heavy atom. The third-order valence-electron chi connectivity index (χ3n) is 4.27. The van der Waals surface area contributed by atoms with E-state index in [2.05, 4.69) is 43.4 Å². The topological polar surface area (TPSA) is 38.0 Å². The molecule has 0 bridgehead atoms. The molecular weight excluding hydrogens is 220 g/mol. The quantitative estimate of drug-likeness (QED) is 0.856. The zero-order chi connectivity index (χ0) is 13.1. The van der Waals surface area contributed by atoms with Crippen LogP contribution in [0.15, 0.2) is 30.3 Å². The average molecular weight is 246 g/mol. The van der Waals surface area contributed by atoms with E-state index in [1.54, 1.807) is 0 Å². The number of rotatable bonds is 4. The van der Waals surface area contributed by atoms with Crippen molar-refractivity contribution >= 4 is 0 Å². The lowest BCUT2D eigenvalue weighted by atomic mass is 9.82. The van der Waals surface area contributed by atoms with Crippen LogP contribution in [0.25, 0.3) is 0 Å². The summed E-state index contributed by atoms with van der Waals surface area (Å²) in [6.45, 7) is 5.29. The molecule has 2 rings (SSSR count). The lowest BCUT2D eigenvalue weighted by molar-refractivity contribution is 0.234. The summed E-state index contributed by atoms with van der Waals surface area (Å²) in [6, 6.07) is 10.4. The molecule has 2 nitrogen and oxygen atoms in total. The first-order chi connectivity index (χ1) is 8.52. The first-order valence-corrected chi connectivity index (χ1v) is 7.11. The highest BCUT2D eigenvalue weighted by Gasteiger charge is 2.29. The second-order valence-corrected chi connectivity index (χ2v) is 6.26. The lowest BCUT2D eigenvalue weighted by Crippen LogP contribution is -2.52. The third-order valence-corrected chi connectivity index (χ3v) is 4.27. The minimum absolute atomic E-state index is 0.285. The molecule has 0 heterocycles.